The smallest absolute Gasteiger partial charge is 0.341 e. The first-order valence-corrected chi connectivity index (χ1v) is 4.39. The summed E-state index contributed by atoms with van der Waals surface area (Å²) in [6.45, 7) is 1.72. The van der Waals surface area contributed by atoms with Gasteiger partial charge in [-0.15, -0.1) is 0 Å². The van der Waals surface area contributed by atoms with Crippen LogP contribution in [0.25, 0.3) is 5.52 Å². The van der Waals surface area contributed by atoms with Gasteiger partial charge < -0.3 is 9.84 Å². The zero-order valence-corrected chi connectivity index (χ0v) is 8.39. The van der Waals surface area contributed by atoms with Gasteiger partial charge in [-0.05, 0) is 19.1 Å². The molecule has 0 aliphatic carbocycles. The molecule has 5 nitrogen and oxygen atoms in total. The maximum atomic E-state index is 11.3. The van der Waals surface area contributed by atoms with E-state index in [-0.39, 0.29) is 5.75 Å². The number of pyridine rings is 1. The van der Waals surface area contributed by atoms with Crippen molar-refractivity contribution in [3.63, 3.8) is 0 Å². The number of carbonyl (C=O) groups excluding carboxylic acids is 1. The molecule has 15 heavy (non-hydrogen) atoms. The fourth-order valence-electron chi connectivity index (χ4n) is 1.44. The summed E-state index contributed by atoms with van der Waals surface area (Å²) in [5.41, 5.74) is 1.60. The van der Waals surface area contributed by atoms with E-state index in [1.165, 1.54) is 23.9 Å². The lowest BCUT2D eigenvalue weighted by Gasteiger charge is -2.02. The Balaban J connectivity index is 2.72. The van der Waals surface area contributed by atoms with Crippen LogP contribution in [0, 0.1) is 6.92 Å². The Morgan fingerprint density at radius 1 is 1.53 bits per heavy atom. The van der Waals surface area contributed by atoms with Crippen LogP contribution < -0.4 is 0 Å². The quantitative estimate of drug-likeness (QED) is 0.710. The molecule has 2 heterocycles. The second kappa shape index (κ2) is 3.27. The molecule has 1 N–H and O–H groups in total. The molecule has 0 aliphatic rings. The number of esters is 1. The molecule has 0 atom stereocenters. The Kier molecular flexibility index (Phi) is 2.07. The van der Waals surface area contributed by atoms with Gasteiger partial charge in [0.15, 0.2) is 0 Å². The van der Waals surface area contributed by atoms with Crippen LogP contribution in [0.4, 0.5) is 0 Å². The van der Waals surface area contributed by atoms with E-state index < -0.39 is 5.97 Å². The molecular weight excluding hydrogens is 196 g/mol. The van der Waals surface area contributed by atoms with Crippen molar-refractivity contribution in [3.8, 4) is 5.75 Å². The Morgan fingerprint density at radius 3 is 2.93 bits per heavy atom. The van der Waals surface area contributed by atoms with Crippen LogP contribution in [0.5, 0.6) is 5.75 Å². The molecule has 0 amide bonds. The average Bonchev–Trinajstić information content (AvgIpc) is 2.66. The molecule has 0 saturated carbocycles. The maximum absolute atomic E-state index is 11.3. The second-order valence-electron chi connectivity index (χ2n) is 3.15. The standard InChI is InChI=1S/C10H10N2O3/c1-6-9(13)4-3-8-7(10(14)15-2)5-11-12(6)8/h3-5,13H,1-2H3. The molecule has 0 radical (unpaired) electrons. The number of rotatable bonds is 1. The lowest BCUT2D eigenvalue weighted by Crippen LogP contribution is -2.01. The lowest BCUT2D eigenvalue weighted by atomic mass is 10.2. The fourth-order valence-corrected chi connectivity index (χ4v) is 1.44. The summed E-state index contributed by atoms with van der Waals surface area (Å²) >= 11 is 0. The zero-order chi connectivity index (χ0) is 11.0. The highest BCUT2D eigenvalue weighted by atomic mass is 16.5. The number of methoxy groups -OCH3 is 1. The number of ether oxygens (including phenoxy) is 1. The Labute approximate surface area is 85.9 Å². The molecule has 0 saturated heterocycles. The minimum Gasteiger partial charge on any atom is -0.506 e. The molecule has 0 fully saturated rings. The summed E-state index contributed by atoms with van der Waals surface area (Å²) in [4.78, 5) is 11.3. The van der Waals surface area contributed by atoms with Crippen molar-refractivity contribution in [1.29, 1.82) is 0 Å². The van der Waals surface area contributed by atoms with Crippen LogP contribution in [0.1, 0.15) is 16.1 Å². The number of aromatic nitrogens is 2. The molecule has 2 rings (SSSR count). The number of aromatic hydroxyl groups is 1. The van der Waals surface area contributed by atoms with Crippen molar-refractivity contribution in [2.24, 2.45) is 0 Å². The molecular formula is C10H10N2O3. The van der Waals surface area contributed by atoms with E-state index in [1.54, 1.807) is 13.0 Å². The summed E-state index contributed by atoms with van der Waals surface area (Å²) < 4.78 is 6.12. The number of hydrogen-bond acceptors (Lipinski definition) is 4. The van der Waals surface area contributed by atoms with Gasteiger partial charge in [0.1, 0.15) is 11.3 Å². The summed E-state index contributed by atoms with van der Waals surface area (Å²) in [6, 6.07) is 3.15. The summed E-state index contributed by atoms with van der Waals surface area (Å²) in [5.74, 6) is -0.294. The molecule has 0 aromatic carbocycles. The van der Waals surface area contributed by atoms with Gasteiger partial charge >= 0.3 is 5.97 Å². The summed E-state index contributed by atoms with van der Waals surface area (Å²) in [6.07, 6.45) is 1.42. The second-order valence-corrected chi connectivity index (χ2v) is 3.15. The lowest BCUT2D eigenvalue weighted by molar-refractivity contribution is 0.0603. The number of aryl methyl sites for hydroxylation is 1. The number of carbonyl (C=O) groups is 1. The number of hydrogen-bond donors (Lipinski definition) is 1. The van der Waals surface area contributed by atoms with Gasteiger partial charge in [0.25, 0.3) is 0 Å². The Hall–Kier alpha value is -2.04. The van der Waals surface area contributed by atoms with Crippen molar-refractivity contribution in [1.82, 2.24) is 9.61 Å². The van der Waals surface area contributed by atoms with Gasteiger partial charge in [-0.2, -0.15) is 5.10 Å². The minimum absolute atomic E-state index is 0.141. The predicted molar refractivity (Wildman–Crippen MR) is 52.9 cm³/mol. The van der Waals surface area contributed by atoms with Crippen LogP contribution in [0.3, 0.4) is 0 Å². The molecule has 2 aromatic rings. The fraction of sp³-hybridized carbons (Fsp3) is 0.200. The number of fused-ring (bicyclic) bond motifs is 1. The first-order chi connectivity index (χ1) is 7.15. The highest BCUT2D eigenvalue weighted by Gasteiger charge is 2.14. The van der Waals surface area contributed by atoms with E-state index >= 15 is 0 Å². The van der Waals surface area contributed by atoms with Crippen molar-refractivity contribution < 1.29 is 14.6 Å². The minimum atomic E-state index is -0.435. The first kappa shape index (κ1) is 9.51. The zero-order valence-electron chi connectivity index (χ0n) is 8.39. The van der Waals surface area contributed by atoms with Crippen LogP contribution in [-0.2, 0) is 4.74 Å². The first-order valence-electron chi connectivity index (χ1n) is 4.39. The molecule has 0 spiro atoms. The third-order valence-corrected chi connectivity index (χ3v) is 2.30. The van der Waals surface area contributed by atoms with E-state index in [4.69, 9.17) is 0 Å². The molecule has 5 heteroatoms. The van der Waals surface area contributed by atoms with Crippen molar-refractivity contribution >= 4 is 11.5 Å². The molecule has 78 valence electrons. The topological polar surface area (TPSA) is 63.8 Å². The van der Waals surface area contributed by atoms with Gasteiger partial charge in [0.2, 0.25) is 0 Å². The Bertz CT molecular complexity index is 531. The van der Waals surface area contributed by atoms with E-state index in [0.29, 0.717) is 16.8 Å². The van der Waals surface area contributed by atoms with E-state index in [0.717, 1.165) is 0 Å². The summed E-state index contributed by atoms with van der Waals surface area (Å²) in [5, 5.41) is 13.4. The van der Waals surface area contributed by atoms with Gasteiger partial charge in [0, 0.05) is 0 Å². The molecule has 0 unspecified atom stereocenters. The van der Waals surface area contributed by atoms with Crippen molar-refractivity contribution in [2.75, 3.05) is 7.11 Å². The van der Waals surface area contributed by atoms with E-state index in [2.05, 4.69) is 9.84 Å². The monoisotopic (exact) mass is 206 g/mol. The van der Waals surface area contributed by atoms with Gasteiger partial charge in [-0.1, -0.05) is 0 Å². The Morgan fingerprint density at radius 2 is 2.27 bits per heavy atom. The SMILES string of the molecule is COC(=O)c1cnn2c(C)c(O)ccc12. The van der Waals surface area contributed by atoms with Crippen LogP contribution in [0.2, 0.25) is 0 Å². The highest BCUT2D eigenvalue weighted by Crippen LogP contribution is 2.20. The van der Waals surface area contributed by atoms with E-state index in [9.17, 15) is 9.90 Å². The predicted octanol–water partition coefficient (Wildman–Crippen LogP) is 1.13. The average molecular weight is 206 g/mol. The summed E-state index contributed by atoms with van der Waals surface area (Å²) in [7, 11) is 1.32. The van der Waals surface area contributed by atoms with E-state index in [1.807, 2.05) is 0 Å². The largest absolute Gasteiger partial charge is 0.506 e. The molecule has 0 aliphatic heterocycles. The van der Waals surface area contributed by atoms with Gasteiger partial charge in [0.05, 0.1) is 24.5 Å². The molecule has 0 bridgehead atoms. The van der Waals surface area contributed by atoms with Gasteiger partial charge in [-0.3, -0.25) is 0 Å². The third kappa shape index (κ3) is 1.32. The number of nitrogens with zero attached hydrogens (tertiary/aromatic N) is 2. The van der Waals surface area contributed by atoms with Gasteiger partial charge in [-0.25, -0.2) is 9.31 Å². The van der Waals surface area contributed by atoms with Crippen LogP contribution in [0.15, 0.2) is 18.3 Å². The van der Waals surface area contributed by atoms with Crippen LogP contribution >= 0.6 is 0 Å². The van der Waals surface area contributed by atoms with Crippen LogP contribution in [-0.4, -0.2) is 27.8 Å². The molecule has 2 aromatic heterocycles. The van der Waals surface area contributed by atoms with Crippen molar-refractivity contribution in [2.45, 2.75) is 6.92 Å². The highest BCUT2D eigenvalue weighted by molar-refractivity contribution is 5.96. The van der Waals surface area contributed by atoms with Crippen molar-refractivity contribution in [3.05, 3.63) is 29.6 Å². The normalized spacial score (nSPS) is 10.5. The third-order valence-electron chi connectivity index (χ3n) is 2.30. The maximum Gasteiger partial charge on any atom is 0.341 e.